The van der Waals surface area contributed by atoms with E-state index in [4.69, 9.17) is 23.2 Å². The summed E-state index contributed by atoms with van der Waals surface area (Å²) in [6, 6.07) is 5.34. The van der Waals surface area contributed by atoms with Crippen LogP contribution in [-0.2, 0) is 15.3 Å². The predicted molar refractivity (Wildman–Crippen MR) is 88.9 cm³/mol. The molecule has 0 saturated carbocycles. The van der Waals surface area contributed by atoms with Gasteiger partial charge >= 0.3 is 0 Å². The van der Waals surface area contributed by atoms with Gasteiger partial charge in [-0.05, 0) is 31.5 Å². The van der Waals surface area contributed by atoms with Gasteiger partial charge in [0, 0.05) is 21.8 Å². The molecule has 0 radical (unpaired) electrons. The maximum atomic E-state index is 11.6. The van der Waals surface area contributed by atoms with E-state index in [9.17, 15) is 9.59 Å². The van der Waals surface area contributed by atoms with Crippen LogP contribution in [-0.4, -0.2) is 30.2 Å². The number of carbonyl (C=O) groups is 2. The molecule has 2 N–H and O–H groups in total. The van der Waals surface area contributed by atoms with E-state index in [0.29, 0.717) is 15.8 Å². The van der Waals surface area contributed by atoms with Crippen molar-refractivity contribution in [3.8, 4) is 0 Å². The highest BCUT2D eigenvalue weighted by Crippen LogP contribution is 2.24. The average Bonchev–Trinajstić information content (AvgIpc) is 2.38. The van der Waals surface area contributed by atoms with Gasteiger partial charge in [0.05, 0.1) is 12.3 Å². The van der Waals surface area contributed by atoms with Crippen molar-refractivity contribution < 1.29 is 9.59 Å². The lowest BCUT2D eigenvalue weighted by Gasteiger charge is -2.09. The van der Waals surface area contributed by atoms with E-state index in [2.05, 4.69) is 10.6 Å². The summed E-state index contributed by atoms with van der Waals surface area (Å²) in [5.41, 5.74) is 0.927. The molecule has 0 fully saturated rings. The van der Waals surface area contributed by atoms with Gasteiger partial charge in [0.2, 0.25) is 11.8 Å². The molecule has 7 heteroatoms. The van der Waals surface area contributed by atoms with Crippen molar-refractivity contribution in [3.63, 3.8) is 0 Å². The van der Waals surface area contributed by atoms with E-state index >= 15 is 0 Å². The maximum Gasteiger partial charge on any atom is 0.239 e. The van der Waals surface area contributed by atoms with Crippen LogP contribution in [0.1, 0.15) is 19.4 Å². The Morgan fingerprint density at radius 2 is 1.95 bits per heavy atom. The lowest BCUT2D eigenvalue weighted by molar-refractivity contribution is -0.125. The Morgan fingerprint density at radius 3 is 2.57 bits per heavy atom. The van der Waals surface area contributed by atoms with Crippen molar-refractivity contribution in [3.05, 3.63) is 33.8 Å². The van der Waals surface area contributed by atoms with E-state index in [0.717, 1.165) is 5.56 Å². The summed E-state index contributed by atoms with van der Waals surface area (Å²) in [7, 11) is 0. The lowest BCUT2D eigenvalue weighted by atomic mass is 10.2. The molecule has 0 aliphatic carbocycles. The summed E-state index contributed by atoms with van der Waals surface area (Å²) in [4.78, 5) is 23.0. The fourth-order valence-electron chi connectivity index (χ4n) is 1.50. The Bertz CT molecular complexity index is 510. The SMILES string of the molecule is CC(C)NC(=O)CNC(=O)CSCc1ccc(Cl)cc1Cl. The second-order valence-electron chi connectivity index (χ2n) is 4.73. The van der Waals surface area contributed by atoms with Crippen molar-refractivity contribution in [2.45, 2.75) is 25.6 Å². The topological polar surface area (TPSA) is 58.2 Å². The Labute approximate surface area is 139 Å². The average molecular weight is 349 g/mol. The first-order chi connectivity index (χ1) is 9.88. The Kier molecular flexibility index (Phi) is 7.93. The van der Waals surface area contributed by atoms with Gasteiger partial charge in [0.15, 0.2) is 0 Å². The van der Waals surface area contributed by atoms with E-state index in [1.54, 1.807) is 12.1 Å². The second-order valence-corrected chi connectivity index (χ2v) is 6.56. The molecule has 1 aromatic rings. The minimum atomic E-state index is -0.191. The number of thioether (sulfide) groups is 1. The number of benzene rings is 1. The number of hydrogen-bond donors (Lipinski definition) is 2. The third-order valence-corrected chi connectivity index (χ3v) is 3.97. The van der Waals surface area contributed by atoms with Crippen molar-refractivity contribution in [2.75, 3.05) is 12.3 Å². The molecule has 0 bridgehead atoms. The molecule has 1 rings (SSSR count). The molecular weight excluding hydrogens is 331 g/mol. The normalized spacial score (nSPS) is 10.5. The van der Waals surface area contributed by atoms with Crippen LogP contribution in [0, 0.1) is 0 Å². The molecule has 0 heterocycles. The monoisotopic (exact) mass is 348 g/mol. The van der Waals surface area contributed by atoms with Crippen LogP contribution in [0.15, 0.2) is 18.2 Å². The summed E-state index contributed by atoms with van der Waals surface area (Å²) in [6.07, 6.45) is 0. The van der Waals surface area contributed by atoms with Gasteiger partial charge in [-0.1, -0.05) is 29.3 Å². The van der Waals surface area contributed by atoms with Gasteiger partial charge in [-0.2, -0.15) is 0 Å². The summed E-state index contributed by atoms with van der Waals surface area (Å²) in [5.74, 6) is 0.517. The van der Waals surface area contributed by atoms with Crippen LogP contribution >= 0.6 is 35.0 Å². The van der Waals surface area contributed by atoms with E-state index in [1.165, 1.54) is 11.8 Å². The van der Waals surface area contributed by atoms with E-state index in [-0.39, 0.29) is 30.2 Å². The van der Waals surface area contributed by atoms with Gasteiger partial charge in [0.1, 0.15) is 0 Å². The fourth-order valence-corrected chi connectivity index (χ4v) is 2.91. The molecule has 0 unspecified atom stereocenters. The summed E-state index contributed by atoms with van der Waals surface area (Å²) in [6.45, 7) is 3.73. The lowest BCUT2D eigenvalue weighted by Crippen LogP contribution is -2.40. The third-order valence-electron chi connectivity index (χ3n) is 2.40. The van der Waals surface area contributed by atoms with Gasteiger partial charge in [-0.15, -0.1) is 11.8 Å². The third kappa shape index (κ3) is 7.60. The number of rotatable bonds is 7. The molecule has 0 saturated heterocycles. The highest BCUT2D eigenvalue weighted by Gasteiger charge is 2.07. The number of carbonyl (C=O) groups excluding carboxylic acids is 2. The number of amides is 2. The fraction of sp³-hybridized carbons (Fsp3) is 0.429. The van der Waals surface area contributed by atoms with Crippen LogP contribution in [0.4, 0.5) is 0 Å². The summed E-state index contributed by atoms with van der Waals surface area (Å²) >= 11 is 13.3. The Hall–Kier alpha value is -0.910. The van der Waals surface area contributed by atoms with Gasteiger partial charge in [-0.25, -0.2) is 0 Å². The minimum absolute atomic E-state index is 0.000720. The molecule has 0 atom stereocenters. The zero-order valence-corrected chi connectivity index (χ0v) is 14.2. The van der Waals surface area contributed by atoms with Crippen molar-refractivity contribution in [1.29, 1.82) is 0 Å². The molecule has 0 aromatic heterocycles. The molecule has 4 nitrogen and oxygen atoms in total. The molecule has 0 spiro atoms. The van der Waals surface area contributed by atoms with E-state index < -0.39 is 0 Å². The van der Waals surface area contributed by atoms with Crippen LogP contribution in [0.2, 0.25) is 10.0 Å². The van der Waals surface area contributed by atoms with Crippen LogP contribution in [0.3, 0.4) is 0 Å². The smallest absolute Gasteiger partial charge is 0.239 e. The first kappa shape index (κ1) is 18.1. The number of hydrogen-bond acceptors (Lipinski definition) is 3. The highest BCUT2D eigenvalue weighted by atomic mass is 35.5. The number of nitrogens with one attached hydrogen (secondary N) is 2. The standard InChI is InChI=1S/C14H18Cl2N2O2S/c1-9(2)18-13(19)6-17-14(20)8-21-7-10-3-4-11(15)5-12(10)16/h3-5,9H,6-8H2,1-2H3,(H,17,20)(H,18,19). The first-order valence-corrected chi connectivity index (χ1v) is 8.37. The highest BCUT2D eigenvalue weighted by molar-refractivity contribution is 7.99. The summed E-state index contributed by atoms with van der Waals surface area (Å²) in [5, 5.41) is 6.45. The molecule has 1 aromatic carbocycles. The maximum absolute atomic E-state index is 11.6. The van der Waals surface area contributed by atoms with E-state index in [1.807, 2.05) is 19.9 Å². The molecular formula is C14H18Cl2N2O2S. The molecule has 116 valence electrons. The van der Waals surface area contributed by atoms with Crippen LogP contribution in [0.25, 0.3) is 0 Å². The zero-order chi connectivity index (χ0) is 15.8. The van der Waals surface area contributed by atoms with Gasteiger partial charge < -0.3 is 10.6 Å². The molecule has 21 heavy (non-hydrogen) atoms. The van der Waals surface area contributed by atoms with Crippen molar-refractivity contribution in [1.82, 2.24) is 10.6 Å². The van der Waals surface area contributed by atoms with Crippen LogP contribution < -0.4 is 10.6 Å². The molecule has 0 aliphatic heterocycles. The second kappa shape index (κ2) is 9.18. The van der Waals surface area contributed by atoms with Crippen molar-refractivity contribution in [2.24, 2.45) is 0 Å². The zero-order valence-electron chi connectivity index (χ0n) is 11.9. The minimum Gasteiger partial charge on any atom is -0.352 e. The Balaban J connectivity index is 2.26. The van der Waals surface area contributed by atoms with Gasteiger partial charge in [-0.3, -0.25) is 9.59 Å². The largest absolute Gasteiger partial charge is 0.352 e. The number of halogens is 2. The molecule has 2 amide bonds. The first-order valence-electron chi connectivity index (χ1n) is 6.46. The Morgan fingerprint density at radius 1 is 1.24 bits per heavy atom. The predicted octanol–water partition coefficient (Wildman–Crippen LogP) is 2.87. The summed E-state index contributed by atoms with van der Waals surface area (Å²) < 4.78 is 0. The molecule has 0 aliphatic rings. The van der Waals surface area contributed by atoms with Crippen LogP contribution in [0.5, 0.6) is 0 Å². The van der Waals surface area contributed by atoms with Gasteiger partial charge in [0.25, 0.3) is 0 Å². The van der Waals surface area contributed by atoms with Crippen molar-refractivity contribution >= 4 is 46.8 Å². The quantitative estimate of drug-likeness (QED) is 0.796.